The molecule has 1 atom stereocenters. The molecule has 0 saturated carbocycles. The first-order chi connectivity index (χ1) is 7.61. The summed E-state index contributed by atoms with van der Waals surface area (Å²) in [6, 6.07) is 9.01. The van der Waals surface area contributed by atoms with Gasteiger partial charge in [0.1, 0.15) is 0 Å². The van der Waals surface area contributed by atoms with E-state index in [-0.39, 0.29) is 0 Å². The molecule has 0 saturated heterocycles. The highest BCUT2D eigenvalue weighted by Crippen LogP contribution is 1.98. The number of nitrogens with two attached hydrogens (primary N) is 1. The van der Waals surface area contributed by atoms with Crippen LogP contribution < -0.4 is 11.1 Å². The quantitative estimate of drug-likeness (QED) is 0.699. The maximum Gasteiger partial charge on any atom is 0.289 e. The van der Waals surface area contributed by atoms with Gasteiger partial charge in [0.2, 0.25) is 5.78 Å². The summed E-state index contributed by atoms with van der Waals surface area (Å²) in [7, 11) is 0. The highest BCUT2D eigenvalue weighted by atomic mass is 16.2. The van der Waals surface area contributed by atoms with E-state index in [0.717, 1.165) is 5.56 Å². The van der Waals surface area contributed by atoms with E-state index < -0.39 is 17.7 Å². The molecule has 1 rings (SSSR count). The molecule has 1 unspecified atom stereocenters. The predicted octanol–water partition coefficient (Wildman–Crippen LogP) is 0.262. The van der Waals surface area contributed by atoms with Crippen molar-refractivity contribution in [1.29, 1.82) is 0 Å². The van der Waals surface area contributed by atoms with E-state index in [9.17, 15) is 9.59 Å². The lowest BCUT2D eigenvalue weighted by molar-refractivity contribution is -0.138. The molecular weight excluding hydrogens is 204 g/mol. The van der Waals surface area contributed by atoms with Gasteiger partial charge in [-0.05, 0) is 18.9 Å². The summed E-state index contributed by atoms with van der Waals surface area (Å²) in [6.45, 7) is 1.94. The van der Waals surface area contributed by atoms with Crippen LogP contribution >= 0.6 is 0 Å². The molecule has 4 heteroatoms. The number of benzene rings is 1. The molecule has 0 radical (unpaired) electrons. The van der Waals surface area contributed by atoms with Crippen molar-refractivity contribution >= 4 is 11.7 Å². The molecule has 0 aliphatic heterocycles. The molecule has 0 aromatic heterocycles. The van der Waals surface area contributed by atoms with E-state index >= 15 is 0 Å². The summed E-state index contributed by atoms with van der Waals surface area (Å²) >= 11 is 0. The standard InChI is InChI=1S/C12H16N2O2/c1-9(13)11(15)12(16)14-8-7-10-5-3-2-4-6-10/h2-6,9H,7-8,13H2,1H3,(H,14,16). The van der Waals surface area contributed by atoms with E-state index in [0.29, 0.717) is 13.0 Å². The van der Waals surface area contributed by atoms with Crippen LogP contribution in [-0.4, -0.2) is 24.3 Å². The van der Waals surface area contributed by atoms with Crippen molar-refractivity contribution in [3.63, 3.8) is 0 Å². The van der Waals surface area contributed by atoms with Crippen molar-refractivity contribution in [2.24, 2.45) is 5.73 Å². The Balaban J connectivity index is 2.31. The SMILES string of the molecule is CC(N)C(=O)C(=O)NCCc1ccccc1. The highest BCUT2D eigenvalue weighted by molar-refractivity contribution is 6.37. The molecule has 4 nitrogen and oxygen atoms in total. The first-order valence-corrected chi connectivity index (χ1v) is 5.23. The van der Waals surface area contributed by atoms with Gasteiger partial charge in [-0.1, -0.05) is 30.3 Å². The van der Waals surface area contributed by atoms with Crippen molar-refractivity contribution < 1.29 is 9.59 Å². The first kappa shape index (κ1) is 12.4. The molecule has 1 aromatic rings. The topological polar surface area (TPSA) is 72.2 Å². The molecule has 16 heavy (non-hydrogen) atoms. The second-order valence-corrected chi connectivity index (χ2v) is 3.64. The Labute approximate surface area is 94.8 Å². The molecule has 86 valence electrons. The van der Waals surface area contributed by atoms with Gasteiger partial charge in [0, 0.05) is 6.54 Å². The zero-order valence-corrected chi connectivity index (χ0v) is 9.27. The van der Waals surface area contributed by atoms with Crippen LogP contribution in [0, 0.1) is 0 Å². The van der Waals surface area contributed by atoms with Crippen LogP contribution in [0.3, 0.4) is 0 Å². The summed E-state index contributed by atoms with van der Waals surface area (Å²) in [5.74, 6) is -1.18. The average molecular weight is 220 g/mol. The third-order valence-corrected chi connectivity index (χ3v) is 2.18. The second kappa shape index (κ2) is 6.02. The smallest absolute Gasteiger partial charge is 0.289 e. The van der Waals surface area contributed by atoms with Crippen LogP contribution in [-0.2, 0) is 16.0 Å². The van der Waals surface area contributed by atoms with Gasteiger partial charge >= 0.3 is 0 Å². The summed E-state index contributed by atoms with van der Waals surface area (Å²) in [4.78, 5) is 22.4. The van der Waals surface area contributed by atoms with Crippen molar-refractivity contribution in [2.45, 2.75) is 19.4 Å². The molecule has 0 aliphatic carbocycles. The first-order valence-electron chi connectivity index (χ1n) is 5.23. The number of Topliss-reactive ketones (excluding diaryl/α,β-unsaturated/α-hetero) is 1. The number of nitrogens with one attached hydrogen (secondary N) is 1. The number of ketones is 1. The molecule has 0 heterocycles. The Kier molecular flexibility index (Phi) is 4.66. The lowest BCUT2D eigenvalue weighted by Gasteiger charge is -2.06. The molecular formula is C12H16N2O2. The third kappa shape index (κ3) is 3.82. The van der Waals surface area contributed by atoms with Gasteiger partial charge in [-0.3, -0.25) is 9.59 Å². The molecule has 0 spiro atoms. The minimum atomic E-state index is -0.739. The van der Waals surface area contributed by atoms with Gasteiger partial charge in [-0.25, -0.2) is 0 Å². The summed E-state index contributed by atoms with van der Waals surface area (Å²) < 4.78 is 0. The van der Waals surface area contributed by atoms with Crippen LogP contribution in [0.5, 0.6) is 0 Å². The maximum absolute atomic E-state index is 11.2. The third-order valence-electron chi connectivity index (χ3n) is 2.18. The lowest BCUT2D eigenvalue weighted by Crippen LogP contribution is -2.41. The summed E-state index contributed by atoms with van der Waals surface area (Å²) in [5.41, 5.74) is 6.43. The van der Waals surface area contributed by atoms with Gasteiger partial charge < -0.3 is 11.1 Å². The second-order valence-electron chi connectivity index (χ2n) is 3.64. The fraction of sp³-hybridized carbons (Fsp3) is 0.333. The van der Waals surface area contributed by atoms with Crippen molar-refractivity contribution in [3.05, 3.63) is 35.9 Å². The fourth-order valence-corrected chi connectivity index (χ4v) is 1.26. The molecule has 1 aromatic carbocycles. The Morgan fingerprint density at radius 2 is 1.94 bits per heavy atom. The zero-order valence-electron chi connectivity index (χ0n) is 9.27. The Morgan fingerprint density at radius 1 is 1.31 bits per heavy atom. The minimum Gasteiger partial charge on any atom is -0.349 e. The molecule has 0 fully saturated rings. The van der Waals surface area contributed by atoms with E-state index in [1.165, 1.54) is 6.92 Å². The van der Waals surface area contributed by atoms with Crippen LogP contribution in [0.4, 0.5) is 0 Å². The fourth-order valence-electron chi connectivity index (χ4n) is 1.26. The van der Waals surface area contributed by atoms with Crippen LogP contribution in [0.15, 0.2) is 30.3 Å². The molecule has 0 bridgehead atoms. The van der Waals surface area contributed by atoms with Crippen molar-refractivity contribution in [1.82, 2.24) is 5.32 Å². The van der Waals surface area contributed by atoms with Crippen LogP contribution in [0.2, 0.25) is 0 Å². The summed E-state index contributed by atoms with van der Waals surface area (Å²) in [6.07, 6.45) is 0.707. The van der Waals surface area contributed by atoms with Crippen LogP contribution in [0.1, 0.15) is 12.5 Å². The van der Waals surface area contributed by atoms with Gasteiger partial charge in [0.15, 0.2) is 0 Å². The molecule has 0 aliphatic rings. The molecule has 1 amide bonds. The minimum absolute atomic E-state index is 0.446. The van der Waals surface area contributed by atoms with Crippen LogP contribution in [0.25, 0.3) is 0 Å². The predicted molar refractivity (Wildman–Crippen MR) is 61.8 cm³/mol. The summed E-state index contributed by atoms with van der Waals surface area (Å²) in [5, 5.41) is 2.54. The Hall–Kier alpha value is -1.68. The van der Waals surface area contributed by atoms with Crippen molar-refractivity contribution in [2.75, 3.05) is 6.54 Å². The van der Waals surface area contributed by atoms with E-state index in [1.807, 2.05) is 30.3 Å². The number of amides is 1. The van der Waals surface area contributed by atoms with E-state index in [4.69, 9.17) is 5.73 Å². The van der Waals surface area contributed by atoms with Gasteiger partial charge in [-0.2, -0.15) is 0 Å². The molecule has 3 N–H and O–H groups in total. The number of hydrogen-bond acceptors (Lipinski definition) is 3. The highest BCUT2D eigenvalue weighted by Gasteiger charge is 2.16. The van der Waals surface area contributed by atoms with Gasteiger partial charge in [0.05, 0.1) is 6.04 Å². The number of carbonyl (C=O) groups is 2. The zero-order chi connectivity index (χ0) is 12.0. The maximum atomic E-state index is 11.2. The van der Waals surface area contributed by atoms with Gasteiger partial charge in [-0.15, -0.1) is 0 Å². The normalized spacial score (nSPS) is 11.9. The van der Waals surface area contributed by atoms with E-state index in [1.54, 1.807) is 0 Å². The van der Waals surface area contributed by atoms with Gasteiger partial charge in [0.25, 0.3) is 5.91 Å². The number of carbonyl (C=O) groups excluding carboxylic acids is 2. The van der Waals surface area contributed by atoms with Crippen molar-refractivity contribution in [3.8, 4) is 0 Å². The Bertz CT molecular complexity index is 361. The number of rotatable bonds is 5. The number of hydrogen-bond donors (Lipinski definition) is 2. The average Bonchev–Trinajstić information content (AvgIpc) is 2.29. The monoisotopic (exact) mass is 220 g/mol. The largest absolute Gasteiger partial charge is 0.349 e. The Morgan fingerprint density at radius 3 is 2.50 bits per heavy atom. The van der Waals surface area contributed by atoms with E-state index in [2.05, 4.69) is 5.32 Å². The lowest BCUT2D eigenvalue weighted by atomic mass is 10.1.